The third-order valence-electron chi connectivity index (χ3n) is 5.01. The fourth-order valence-corrected chi connectivity index (χ4v) is 4.31. The molecule has 0 aliphatic rings. The monoisotopic (exact) mass is 472 g/mol. The molecule has 2 aromatic rings. The standard InChI is InChI=1S/C26H36N2O4S/c1-18(2)13-23(27-25(30)14-19(3)4)26(31)28-22(15-20-9-6-5-7-10-20)24(29)17-33-16-21-11-8-12-32-21/h5-12,18-19,22-23H,13-17H2,1-4H3,(H,27,30)(H,28,31). The fourth-order valence-electron chi connectivity index (χ4n) is 3.44. The van der Waals surface area contributed by atoms with E-state index >= 15 is 0 Å². The van der Waals surface area contributed by atoms with Gasteiger partial charge in [0.05, 0.1) is 23.8 Å². The Hall–Kier alpha value is -2.54. The van der Waals surface area contributed by atoms with Crippen LogP contribution < -0.4 is 10.6 Å². The highest BCUT2D eigenvalue weighted by atomic mass is 32.2. The molecule has 0 aliphatic heterocycles. The van der Waals surface area contributed by atoms with Crippen molar-refractivity contribution in [3.05, 3.63) is 60.1 Å². The van der Waals surface area contributed by atoms with E-state index in [2.05, 4.69) is 10.6 Å². The van der Waals surface area contributed by atoms with Gasteiger partial charge in [0.1, 0.15) is 11.8 Å². The Morgan fingerprint density at radius 1 is 0.909 bits per heavy atom. The molecule has 1 aromatic carbocycles. The molecule has 0 aliphatic carbocycles. The lowest BCUT2D eigenvalue weighted by molar-refractivity contribution is -0.131. The first-order valence-corrected chi connectivity index (χ1v) is 12.7. The molecule has 7 heteroatoms. The number of thioether (sulfide) groups is 1. The number of ketones is 1. The predicted octanol–water partition coefficient (Wildman–Crippen LogP) is 4.39. The Balaban J connectivity index is 2.07. The molecule has 2 amide bonds. The number of hydrogen-bond donors (Lipinski definition) is 2. The minimum absolute atomic E-state index is 0.0550. The van der Waals surface area contributed by atoms with Crippen LogP contribution in [0.25, 0.3) is 0 Å². The highest BCUT2D eigenvalue weighted by Crippen LogP contribution is 2.15. The molecule has 180 valence electrons. The Bertz CT molecular complexity index is 866. The van der Waals surface area contributed by atoms with Crippen molar-refractivity contribution < 1.29 is 18.8 Å². The predicted molar refractivity (Wildman–Crippen MR) is 133 cm³/mol. The van der Waals surface area contributed by atoms with Crippen LogP contribution >= 0.6 is 11.8 Å². The van der Waals surface area contributed by atoms with E-state index in [0.29, 0.717) is 25.0 Å². The van der Waals surface area contributed by atoms with Crippen LogP contribution in [0.15, 0.2) is 53.1 Å². The zero-order chi connectivity index (χ0) is 24.2. The third-order valence-corrected chi connectivity index (χ3v) is 5.99. The summed E-state index contributed by atoms with van der Waals surface area (Å²) < 4.78 is 5.33. The van der Waals surface area contributed by atoms with E-state index in [1.54, 1.807) is 6.26 Å². The van der Waals surface area contributed by atoms with Gasteiger partial charge in [-0.3, -0.25) is 14.4 Å². The van der Waals surface area contributed by atoms with E-state index in [9.17, 15) is 14.4 Å². The maximum atomic E-state index is 13.2. The Kier molecular flexibility index (Phi) is 11.2. The number of furan rings is 1. The number of carbonyl (C=O) groups is 3. The van der Waals surface area contributed by atoms with Crippen molar-refractivity contribution in [3.8, 4) is 0 Å². The van der Waals surface area contributed by atoms with Crippen molar-refractivity contribution in [2.24, 2.45) is 11.8 Å². The first-order valence-electron chi connectivity index (χ1n) is 11.5. The first kappa shape index (κ1) is 26.7. The van der Waals surface area contributed by atoms with Crippen LogP contribution in [-0.2, 0) is 26.6 Å². The summed E-state index contributed by atoms with van der Waals surface area (Å²) >= 11 is 1.46. The summed E-state index contributed by atoms with van der Waals surface area (Å²) in [4.78, 5) is 38.6. The van der Waals surface area contributed by atoms with Crippen LogP contribution in [-0.4, -0.2) is 35.4 Å². The van der Waals surface area contributed by atoms with Gasteiger partial charge in [-0.05, 0) is 42.4 Å². The number of hydrogen-bond acceptors (Lipinski definition) is 5. The lowest BCUT2D eigenvalue weighted by Gasteiger charge is -2.24. The SMILES string of the molecule is CC(C)CC(=O)NC(CC(C)C)C(=O)NC(Cc1ccccc1)C(=O)CSCc1ccco1. The number of nitrogens with one attached hydrogen (secondary N) is 2. The van der Waals surface area contributed by atoms with Crippen molar-refractivity contribution in [2.45, 2.75) is 64.8 Å². The van der Waals surface area contributed by atoms with Crippen LogP contribution in [0.5, 0.6) is 0 Å². The Labute approximate surface area is 201 Å². The molecule has 1 aromatic heterocycles. The van der Waals surface area contributed by atoms with Gasteiger partial charge in [0.2, 0.25) is 11.8 Å². The highest BCUT2D eigenvalue weighted by Gasteiger charge is 2.27. The Morgan fingerprint density at radius 3 is 2.24 bits per heavy atom. The van der Waals surface area contributed by atoms with Gasteiger partial charge in [-0.15, -0.1) is 11.8 Å². The van der Waals surface area contributed by atoms with Gasteiger partial charge in [0.25, 0.3) is 0 Å². The molecular weight excluding hydrogens is 436 g/mol. The second kappa shape index (κ2) is 13.9. The number of Topliss-reactive ketones (excluding diaryl/α,β-unsaturated/α-hetero) is 1. The van der Waals surface area contributed by atoms with Gasteiger partial charge in [-0.2, -0.15) is 0 Å². The molecule has 0 spiro atoms. The number of rotatable bonds is 14. The van der Waals surface area contributed by atoms with Crippen LogP contribution in [0.1, 0.15) is 51.9 Å². The van der Waals surface area contributed by atoms with Gasteiger partial charge in [0, 0.05) is 6.42 Å². The number of amides is 2. The molecule has 0 bridgehead atoms. The van der Waals surface area contributed by atoms with Gasteiger partial charge in [-0.1, -0.05) is 58.0 Å². The van der Waals surface area contributed by atoms with Crippen LogP contribution in [0.4, 0.5) is 0 Å². The Morgan fingerprint density at radius 2 is 1.64 bits per heavy atom. The number of benzene rings is 1. The van der Waals surface area contributed by atoms with Crippen molar-refractivity contribution in [1.82, 2.24) is 10.6 Å². The van der Waals surface area contributed by atoms with Crippen molar-refractivity contribution in [3.63, 3.8) is 0 Å². The zero-order valence-corrected chi connectivity index (χ0v) is 20.8. The molecule has 2 N–H and O–H groups in total. The fraction of sp³-hybridized carbons (Fsp3) is 0.500. The molecule has 2 rings (SSSR count). The molecule has 2 unspecified atom stereocenters. The summed E-state index contributed by atoms with van der Waals surface area (Å²) in [5.41, 5.74) is 0.969. The van der Waals surface area contributed by atoms with Gasteiger partial charge < -0.3 is 15.1 Å². The largest absolute Gasteiger partial charge is 0.468 e. The second-order valence-electron chi connectivity index (χ2n) is 9.14. The molecule has 0 saturated carbocycles. The van der Waals surface area contributed by atoms with Gasteiger partial charge in [-0.25, -0.2) is 0 Å². The van der Waals surface area contributed by atoms with E-state index in [1.807, 2.05) is 70.2 Å². The minimum Gasteiger partial charge on any atom is -0.468 e. The van der Waals surface area contributed by atoms with E-state index < -0.39 is 12.1 Å². The lowest BCUT2D eigenvalue weighted by atomic mass is 9.99. The van der Waals surface area contributed by atoms with Gasteiger partial charge >= 0.3 is 0 Å². The molecule has 33 heavy (non-hydrogen) atoms. The average molecular weight is 473 g/mol. The maximum absolute atomic E-state index is 13.2. The lowest BCUT2D eigenvalue weighted by Crippen LogP contribution is -2.53. The van der Waals surface area contributed by atoms with E-state index in [1.165, 1.54) is 11.8 Å². The van der Waals surface area contributed by atoms with Crippen LogP contribution in [0, 0.1) is 11.8 Å². The van der Waals surface area contributed by atoms with E-state index in [4.69, 9.17) is 4.42 Å². The summed E-state index contributed by atoms with van der Waals surface area (Å²) in [6, 6.07) is 12.0. The van der Waals surface area contributed by atoms with Crippen molar-refractivity contribution >= 4 is 29.4 Å². The average Bonchev–Trinajstić information content (AvgIpc) is 3.26. The van der Waals surface area contributed by atoms with Crippen molar-refractivity contribution in [1.29, 1.82) is 0 Å². The summed E-state index contributed by atoms with van der Waals surface area (Å²) in [7, 11) is 0. The molecule has 0 radical (unpaired) electrons. The van der Waals surface area contributed by atoms with E-state index in [0.717, 1.165) is 11.3 Å². The molecule has 0 saturated heterocycles. The second-order valence-corrected chi connectivity index (χ2v) is 10.1. The quantitative estimate of drug-likeness (QED) is 0.426. The molecule has 2 atom stereocenters. The smallest absolute Gasteiger partial charge is 0.243 e. The highest BCUT2D eigenvalue weighted by molar-refractivity contribution is 7.99. The first-order chi connectivity index (χ1) is 15.7. The zero-order valence-electron chi connectivity index (χ0n) is 20.0. The van der Waals surface area contributed by atoms with Crippen LogP contribution in [0.3, 0.4) is 0 Å². The van der Waals surface area contributed by atoms with Gasteiger partial charge in [0.15, 0.2) is 5.78 Å². The molecular formula is C26H36N2O4S. The summed E-state index contributed by atoms with van der Waals surface area (Å²) in [6.45, 7) is 7.94. The summed E-state index contributed by atoms with van der Waals surface area (Å²) in [6.07, 6.45) is 2.88. The van der Waals surface area contributed by atoms with Crippen LogP contribution in [0.2, 0.25) is 0 Å². The minimum atomic E-state index is -0.668. The molecule has 1 heterocycles. The topological polar surface area (TPSA) is 88.4 Å². The molecule has 6 nitrogen and oxygen atoms in total. The normalized spacial score (nSPS) is 13.0. The maximum Gasteiger partial charge on any atom is 0.243 e. The summed E-state index contributed by atoms with van der Waals surface area (Å²) in [5.74, 6) is 1.55. The van der Waals surface area contributed by atoms with Crippen molar-refractivity contribution in [2.75, 3.05) is 5.75 Å². The summed E-state index contributed by atoms with van der Waals surface area (Å²) in [5, 5.41) is 5.80. The molecule has 0 fully saturated rings. The van der Waals surface area contributed by atoms with E-state index in [-0.39, 0.29) is 35.2 Å². The third kappa shape index (κ3) is 10.3. The number of carbonyl (C=O) groups excluding carboxylic acids is 3.